The Morgan fingerprint density at radius 1 is 1.47 bits per heavy atom. The van der Waals surface area contributed by atoms with Gasteiger partial charge in [0.15, 0.2) is 0 Å². The van der Waals surface area contributed by atoms with Gasteiger partial charge in [-0.25, -0.2) is 0 Å². The Morgan fingerprint density at radius 2 is 2.11 bits per heavy atom. The van der Waals surface area contributed by atoms with Crippen LogP contribution in [0.3, 0.4) is 0 Å². The Morgan fingerprint density at radius 3 is 2.63 bits per heavy atom. The van der Waals surface area contributed by atoms with Gasteiger partial charge >= 0.3 is 0 Å². The fourth-order valence-electron chi connectivity index (χ4n) is 2.83. The SMILES string of the molecule is CN(Cc1ccc(Cl)cc1)C(=O)C1(C)CCCC1N. The molecule has 0 aromatic heterocycles. The molecule has 3 nitrogen and oxygen atoms in total. The van der Waals surface area contributed by atoms with E-state index in [1.165, 1.54) is 0 Å². The summed E-state index contributed by atoms with van der Waals surface area (Å²) >= 11 is 5.86. The Balaban J connectivity index is 2.05. The van der Waals surface area contributed by atoms with Crippen LogP contribution >= 0.6 is 11.6 Å². The van der Waals surface area contributed by atoms with Crippen LogP contribution < -0.4 is 5.73 Å². The number of halogens is 1. The molecule has 1 amide bonds. The summed E-state index contributed by atoms with van der Waals surface area (Å²) in [5.74, 6) is 0.146. The molecule has 1 aromatic rings. The highest BCUT2D eigenvalue weighted by Crippen LogP contribution is 2.38. The van der Waals surface area contributed by atoms with Crippen LogP contribution in [0, 0.1) is 5.41 Å². The van der Waals surface area contributed by atoms with E-state index >= 15 is 0 Å². The number of hydrogen-bond donors (Lipinski definition) is 1. The topological polar surface area (TPSA) is 46.3 Å². The first-order valence-electron chi connectivity index (χ1n) is 6.69. The monoisotopic (exact) mass is 280 g/mol. The van der Waals surface area contributed by atoms with Crippen LogP contribution in [0.5, 0.6) is 0 Å². The quantitative estimate of drug-likeness (QED) is 0.925. The average molecular weight is 281 g/mol. The number of nitrogens with two attached hydrogens (primary N) is 1. The molecular weight excluding hydrogens is 260 g/mol. The summed E-state index contributed by atoms with van der Waals surface area (Å²) in [4.78, 5) is 14.3. The van der Waals surface area contributed by atoms with Gasteiger partial charge in [-0.2, -0.15) is 0 Å². The zero-order valence-corrected chi connectivity index (χ0v) is 12.3. The summed E-state index contributed by atoms with van der Waals surface area (Å²) in [6.07, 6.45) is 2.87. The smallest absolute Gasteiger partial charge is 0.230 e. The van der Waals surface area contributed by atoms with Crippen LogP contribution in [0.1, 0.15) is 31.7 Å². The Labute approximate surface area is 119 Å². The molecule has 0 spiro atoms. The molecule has 1 fully saturated rings. The Hall–Kier alpha value is -1.06. The number of carbonyl (C=O) groups excluding carboxylic acids is 1. The zero-order valence-electron chi connectivity index (χ0n) is 11.5. The molecule has 2 atom stereocenters. The maximum atomic E-state index is 12.6. The van der Waals surface area contributed by atoms with Crippen molar-refractivity contribution in [2.24, 2.45) is 11.1 Å². The summed E-state index contributed by atoms with van der Waals surface area (Å²) < 4.78 is 0. The highest BCUT2D eigenvalue weighted by atomic mass is 35.5. The molecule has 0 aliphatic heterocycles. The molecule has 2 unspecified atom stereocenters. The maximum Gasteiger partial charge on any atom is 0.230 e. The van der Waals surface area contributed by atoms with Crippen molar-refractivity contribution in [3.63, 3.8) is 0 Å². The second-order valence-electron chi connectivity index (χ2n) is 5.70. The van der Waals surface area contributed by atoms with Crippen molar-refractivity contribution in [2.75, 3.05) is 7.05 Å². The Bertz CT molecular complexity index is 460. The van der Waals surface area contributed by atoms with E-state index in [4.69, 9.17) is 17.3 Å². The number of nitrogens with zero attached hydrogens (tertiary/aromatic N) is 1. The lowest BCUT2D eigenvalue weighted by atomic mass is 9.83. The van der Waals surface area contributed by atoms with Gasteiger partial charge in [-0.3, -0.25) is 4.79 Å². The molecule has 1 aromatic carbocycles. The highest BCUT2D eigenvalue weighted by Gasteiger charge is 2.44. The predicted molar refractivity (Wildman–Crippen MR) is 77.9 cm³/mol. The van der Waals surface area contributed by atoms with Crippen LogP contribution in [-0.4, -0.2) is 23.9 Å². The van der Waals surface area contributed by atoms with Crippen molar-refractivity contribution in [1.82, 2.24) is 4.90 Å². The molecule has 2 N–H and O–H groups in total. The van der Waals surface area contributed by atoms with Gasteiger partial charge in [0.25, 0.3) is 0 Å². The molecule has 0 radical (unpaired) electrons. The standard InChI is InChI=1S/C15H21ClN2O/c1-15(9-3-4-13(15)17)14(19)18(2)10-11-5-7-12(16)8-6-11/h5-8,13H,3-4,9-10,17H2,1-2H3. The van der Waals surface area contributed by atoms with Crippen molar-refractivity contribution < 1.29 is 4.79 Å². The lowest BCUT2D eigenvalue weighted by molar-refractivity contribution is -0.140. The third-order valence-corrected chi connectivity index (χ3v) is 4.45. The molecule has 4 heteroatoms. The van der Waals surface area contributed by atoms with Crippen LogP contribution in [0.25, 0.3) is 0 Å². The maximum absolute atomic E-state index is 12.6. The number of hydrogen-bond acceptors (Lipinski definition) is 2. The minimum Gasteiger partial charge on any atom is -0.341 e. The number of benzene rings is 1. The van der Waals surface area contributed by atoms with Gasteiger partial charge in [0.1, 0.15) is 0 Å². The summed E-state index contributed by atoms with van der Waals surface area (Å²) in [7, 11) is 1.84. The fraction of sp³-hybridized carbons (Fsp3) is 0.533. The van der Waals surface area contributed by atoms with E-state index in [-0.39, 0.29) is 11.9 Å². The third kappa shape index (κ3) is 2.93. The summed E-state index contributed by atoms with van der Waals surface area (Å²) in [6, 6.07) is 7.57. The van der Waals surface area contributed by atoms with E-state index in [1.54, 1.807) is 4.90 Å². The van der Waals surface area contributed by atoms with E-state index in [0.717, 1.165) is 24.8 Å². The van der Waals surface area contributed by atoms with Gasteiger partial charge in [0, 0.05) is 24.7 Å². The van der Waals surface area contributed by atoms with Gasteiger partial charge in [-0.15, -0.1) is 0 Å². The minimum absolute atomic E-state index is 0.0207. The third-order valence-electron chi connectivity index (χ3n) is 4.20. The van der Waals surface area contributed by atoms with Crippen molar-refractivity contribution in [1.29, 1.82) is 0 Å². The first kappa shape index (κ1) is 14.4. The van der Waals surface area contributed by atoms with Crippen LogP contribution in [0.15, 0.2) is 24.3 Å². The van der Waals surface area contributed by atoms with Gasteiger partial charge in [-0.05, 0) is 37.5 Å². The normalized spacial score (nSPS) is 26.4. The molecule has 2 rings (SSSR count). The number of carbonyl (C=O) groups is 1. The van der Waals surface area contributed by atoms with E-state index in [2.05, 4.69) is 0 Å². The number of rotatable bonds is 3. The Kier molecular flexibility index (Phi) is 4.16. The molecule has 0 bridgehead atoms. The number of amides is 1. The predicted octanol–water partition coefficient (Wildman–Crippen LogP) is 2.82. The molecule has 0 heterocycles. The summed E-state index contributed by atoms with van der Waals surface area (Å²) in [5.41, 5.74) is 6.78. The molecule has 0 saturated heterocycles. The van der Waals surface area contributed by atoms with Crippen LogP contribution in [0.2, 0.25) is 5.02 Å². The molecule has 1 aliphatic rings. The fourth-order valence-corrected chi connectivity index (χ4v) is 2.96. The van der Waals surface area contributed by atoms with E-state index < -0.39 is 5.41 Å². The van der Waals surface area contributed by atoms with Crippen molar-refractivity contribution in [3.8, 4) is 0 Å². The average Bonchev–Trinajstić information content (AvgIpc) is 2.72. The molecule has 104 valence electrons. The zero-order chi connectivity index (χ0) is 14.0. The van der Waals surface area contributed by atoms with E-state index in [1.807, 2.05) is 38.2 Å². The van der Waals surface area contributed by atoms with Gasteiger partial charge < -0.3 is 10.6 Å². The second-order valence-corrected chi connectivity index (χ2v) is 6.14. The van der Waals surface area contributed by atoms with Crippen molar-refractivity contribution >= 4 is 17.5 Å². The highest BCUT2D eigenvalue weighted by molar-refractivity contribution is 6.30. The molecular formula is C15H21ClN2O. The minimum atomic E-state index is -0.402. The second kappa shape index (κ2) is 5.51. The largest absolute Gasteiger partial charge is 0.341 e. The van der Waals surface area contributed by atoms with Gasteiger partial charge in [0.05, 0.1) is 5.41 Å². The lowest BCUT2D eigenvalue weighted by Gasteiger charge is -2.32. The summed E-state index contributed by atoms with van der Waals surface area (Å²) in [5, 5.41) is 0.711. The first-order chi connectivity index (χ1) is 8.93. The van der Waals surface area contributed by atoms with Gasteiger partial charge in [0.2, 0.25) is 5.91 Å². The molecule has 19 heavy (non-hydrogen) atoms. The first-order valence-corrected chi connectivity index (χ1v) is 7.07. The van der Waals surface area contributed by atoms with E-state index in [0.29, 0.717) is 11.6 Å². The molecule has 1 saturated carbocycles. The summed E-state index contributed by atoms with van der Waals surface area (Å²) in [6.45, 7) is 2.59. The van der Waals surface area contributed by atoms with Crippen molar-refractivity contribution in [3.05, 3.63) is 34.9 Å². The van der Waals surface area contributed by atoms with Crippen LogP contribution in [0.4, 0.5) is 0 Å². The lowest BCUT2D eigenvalue weighted by Crippen LogP contribution is -2.47. The van der Waals surface area contributed by atoms with E-state index in [9.17, 15) is 4.79 Å². The van der Waals surface area contributed by atoms with Gasteiger partial charge in [-0.1, -0.05) is 30.2 Å². The molecule has 1 aliphatic carbocycles. The van der Waals surface area contributed by atoms with Crippen LogP contribution in [-0.2, 0) is 11.3 Å². The van der Waals surface area contributed by atoms with Crippen molar-refractivity contribution in [2.45, 2.75) is 38.8 Å².